The van der Waals surface area contributed by atoms with Gasteiger partial charge in [-0.1, -0.05) is 202 Å². The van der Waals surface area contributed by atoms with Crippen molar-refractivity contribution < 1.29 is 19.1 Å². The molecule has 86 heavy (non-hydrogen) atoms. The molecule has 8 aromatic carbocycles. The molecule has 0 radical (unpaired) electrons. The standard InChI is InChI=1S/C80H92N2O4/c1-7-13-17-21-25-59-29-43-67(44-30-59)81(68-45-31-60(32-46-68)26-22-18-14-8-2)71-51-37-63(38-52-71)65-41-55-73-74-56-42-66(58-76(74)77(75(73)57-65)78(79(83)85-11-5)80(84)86-12-6)64-39-53-72(54-40-64)82(69-47-33-61(34-48-69)27-23-19-15-9-3)70-49-35-62(36-50-70)28-24-20-16-10-4/h29-58H,7-28H2,1-6H3. The van der Waals surface area contributed by atoms with Crippen LogP contribution in [0, 0.1) is 0 Å². The second kappa shape index (κ2) is 32.0. The quantitative estimate of drug-likeness (QED) is 0.0138. The molecule has 9 rings (SSSR count). The first-order valence-corrected chi connectivity index (χ1v) is 32.8. The van der Waals surface area contributed by atoms with Gasteiger partial charge in [0.1, 0.15) is 0 Å². The maximum atomic E-state index is 14.2. The number of anilines is 6. The zero-order chi connectivity index (χ0) is 60.0. The Bertz CT molecular complexity index is 3110. The summed E-state index contributed by atoms with van der Waals surface area (Å²) in [5.41, 5.74) is 19.8. The number of carbonyl (C=O) groups excluding carboxylic acids is 2. The van der Waals surface area contributed by atoms with Gasteiger partial charge in [-0.3, -0.25) is 0 Å². The minimum absolute atomic E-state index is 0.0992. The van der Waals surface area contributed by atoms with E-state index in [4.69, 9.17) is 9.47 Å². The van der Waals surface area contributed by atoms with Crippen molar-refractivity contribution in [3.8, 4) is 33.4 Å². The van der Waals surface area contributed by atoms with Crippen molar-refractivity contribution in [2.24, 2.45) is 0 Å². The van der Waals surface area contributed by atoms with Crippen molar-refractivity contribution in [1.29, 1.82) is 0 Å². The van der Waals surface area contributed by atoms with E-state index in [-0.39, 0.29) is 18.8 Å². The molecule has 6 nitrogen and oxygen atoms in total. The molecule has 0 spiro atoms. The highest BCUT2D eigenvalue weighted by Crippen LogP contribution is 2.49. The molecule has 6 heteroatoms. The van der Waals surface area contributed by atoms with Crippen LogP contribution in [0.1, 0.15) is 178 Å². The van der Waals surface area contributed by atoms with Crippen molar-refractivity contribution in [1.82, 2.24) is 0 Å². The van der Waals surface area contributed by atoms with Crippen molar-refractivity contribution >= 4 is 51.6 Å². The fourth-order valence-electron chi connectivity index (χ4n) is 12.2. The summed E-state index contributed by atoms with van der Waals surface area (Å²) in [4.78, 5) is 33.1. The number of carbonyl (C=O) groups is 2. The molecule has 0 N–H and O–H groups in total. The maximum absolute atomic E-state index is 14.2. The number of hydrogen-bond acceptors (Lipinski definition) is 6. The molecule has 1 aliphatic rings. The average molecular weight is 1150 g/mol. The second-order valence-corrected chi connectivity index (χ2v) is 23.4. The van der Waals surface area contributed by atoms with E-state index < -0.39 is 11.9 Å². The summed E-state index contributed by atoms with van der Waals surface area (Å²) in [6, 6.07) is 66.7. The highest BCUT2D eigenvalue weighted by Gasteiger charge is 2.35. The normalized spacial score (nSPS) is 11.5. The summed E-state index contributed by atoms with van der Waals surface area (Å²) in [6.07, 6.45) is 24.3. The number of rotatable bonds is 32. The van der Waals surface area contributed by atoms with Crippen LogP contribution >= 0.6 is 0 Å². The molecule has 0 saturated heterocycles. The van der Waals surface area contributed by atoms with E-state index in [9.17, 15) is 9.59 Å². The van der Waals surface area contributed by atoms with Gasteiger partial charge in [0.15, 0.2) is 5.57 Å². The third-order valence-electron chi connectivity index (χ3n) is 17.0. The summed E-state index contributed by atoms with van der Waals surface area (Å²) >= 11 is 0. The number of esters is 2. The molecule has 0 amide bonds. The molecule has 0 fully saturated rings. The Morgan fingerprint density at radius 2 is 0.547 bits per heavy atom. The number of aryl methyl sites for hydroxylation is 4. The van der Waals surface area contributed by atoms with E-state index in [1.165, 1.54) is 125 Å². The minimum atomic E-state index is -0.701. The molecule has 8 aromatic rings. The van der Waals surface area contributed by atoms with Gasteiger partial charge in [-0.2, -0.15) is 0 Å². The summed E-state index contributed by atoms with van der Waals surface area (Å²) in [7, 11) is 0. The maximum Gasteiger partial charge on any atom is 0.346 e. The lowest BCUT2D eigenvalue weighted by atomic mass is 9.93. The molecule has 0 atom stereocenters. The zero-order valence-corrected chi connectivity index (χ0v) is 52.4. The Hall–Kier alpha value is -7.96. The first-order valence-electron chi connectivity index (χ1n) is 32.8. The van der Waals surface area contributed by atoms with Crippen LogP contribution in [0.4, 0.5) is 34.1 Å². The Labute approximate surface area is 515 Å². The monoisotopic (exact) mass is 1140 g/mol. The first kappa shape index (κ1) is 62.6. The second-order valence-electron chi connectivity index (χ2n) is 23.4. The van der Waals surface area contributed by atoms with E-state index in [1.807, 2.05) is 0 Å². The SMILES string of the molecule is CCCCCCc1ccc(N(c2ccc(CCCCCC)cc2)c2ccc(-c3ccc4c(c3)C(=C(C(=O)OCC)C(=O)OCC)c3cc(-c5ccc(N(c6ccc(CCCCCC)cc6)c6ccc(CCCCCC)cc6)cc5)ccc3-4)cc2)cc1. The molecule has 0 saturated carbocycles. The van der Waals surface area contributed by atoms with Gasteiger partial charge >= 0.3 is 11.9 Å². The molecule has 0 unspecified atom stereocenters. The third kappa shape index (κ3) is 15.9. The van der Waals surface area contributed by atoms with Crippen LogP contribution in [0.3, 0.4) is 0 Å². The fraction of sp³-hybridized carbons (Fsp3) is 0.350. The van der Waals surface area contributed by atoms with Crippen molar-refractivity contribution in [3.05, 3.63) is 221 Å². The van der Waals surface area contributed by atoms with Gasteiger partial charge in [0.2, 0.25) is 0 Å². The van der Waals surface area contributed by atoms with Gasteiger partial charge in [0, 0.05) is 39.7 Å². The molecule has 1 aliphatic carbocycles. The van der Waals surface area contributed by atoms with Crippen LogP contribution in [0.5, 0.6) is 0 Å². The van der Waals surface area contributed by atoms with Gasteiger partial charge in [-0.05, 0) is 217 Å². The molecular formula is C80H92N2O4. The highest BCUT2D eigenvalue weighted by molar-refractivity contribution is 6.25. The Morgan fingerprint density at radius 1 is 0.291 bits per heavy atom. The van der Waals surface area contributed by atoms with Crippen LogP contribution in [0.2, 0.25) is 0 Å². The third-order valence-corrected chi connectivity index (χ3v) is 17.0. The number of benzene rings is 8. The van der Waals surface area contributed by atoms with Crippen LogP contribution in [0.25, 0.3) is 39.0 Å². The van der Waals surface area contributed by atoms with Crippen LogP contribution in [-0.2, 0) is 44.7 Å². The van der Waals surface area contributed by atoms with Gasteiger partial charge < -0.3 is 19.3 Å². The average Bonchev–Trinajstić information content (AvgIpc) is 2.35. The van der Waals surface area contributed by atoms with Gasteiger partial charge in [0.25, 0.3) is 0 Å². The molecule has 0 aliphatic heterocycles. The first-order chi connectivity index (χ1) is 42.2. The van der Waals surface area contributed by atoms with Crippen molar-refractivity contribution in [2.45, 2.75) is 170 Å². The lowest BCUT2D eigenvalue weighted by molar-refractivity contribution is -0.146. The molecule has 446 valence electrons. The summed E-state index contributed by atoms with van der Waals surface area (Å²) in [5.74, 6) is -1.40. The Morgan fingerprint density at radius 3 is 0.802 bits per heavy atom. The Balaban J connectivity index is 1.05. The Kier molecular flexibility index (Phi) is 23.3. The fourth-order valence-corrected chi connectivity index (χ4v) is 12.2. The van der Waals surface area contributed by atoms with E-state index in [0.717, 1.165) is 104 Å². The van der Waals surface area contributed by atoms with Crippen LogP contribution in [0.15, 0.2) is 188 Å². The van der Waals surface area contributed by atoms with Gasteiger partial charge in [-0.15, -0.1) is 0 Å². The smallest absolute Gasteiger partial charge is 0.346 e. The molecule has 0 heterocycles. The van der Waals surface area contributed by atoms with E-state index >= 15 is 0 Å². The predicted octanol–water partition coefficient (Wildman–Crippen LogP) is 22.4. The number of ether oxygens (including phenoxy) is 2. The summed E-state index contributed by atoms with van der Waals surface area (Å²) < 4.78 is 11.4. The van der Waals surface area contributed by atoms with Crippen molar-refractivity contribution in [2.75, 3.05) is 23.0 Å². The van der Waals surface area contributed by atoms with E-state index in [2.05, 4.69) is 219 Å². The zero-order valence-electron chi connectivity index (χ0n) is 52.4. The summed E-state index contributed by atoms with van der Waals surface area (Å²) in [5, 5.41) is 0. The topological polar surface area (TPSA) is 59.1 Å². The van der Waals surface area contributed by atoms with E-state index in [0.29, 0.717) is 5.57 Å². The van der Waals surface area contributed by atoms with Gasteiger partial charge in [-0.25, -0.2) is 9.59 Å². The summed E-state index contributed by atoms with van der Waals surface area (Å²) in [6.45, 7) is 12.8. The minimum Gasteiger partial charge on any atom is -0.462 e. The van der Waals surface area contributed by atoms with Crippen molar-refractivity contribution in [3.63, 3.8) is 0 Å². The number of unbranched alkanes of at least 4 members (excludes halogenated alkanes) is 12. The van der Waals surface area contributed by atoms with Crippen LogP contribution in [-0.4, -0.2) is 25.2 Å². The van der Waals surface area contributed by atoms with Crippen LogP contribution < -0.4 is 9.80 Å². The van der Waals surface area contributed by atoms with Gasteiger partial charge in [0.05, 0.1) is 13.2 Å². The molecule has 0 bridgehead atoms. The lowest BCUT2D eigenvalue weighted by Gasteiger charge is -2.26. The molecule has 0 aromatic heterocycles. The number of hydrogen-bond donors (Lipinski definition) is 0. The predicted molar refractivity (Wildman–Crippen MR) is 363 cm³/mol. The number of fused-ring (bicyclic) bond motifs is 3. The highest BCUT2D eigenvalue weighted by atomic mass is 16.6. The van der Waals surface area contributed by atoms with E-state index in [1.54, 1.807) is 13.8 Å². The number of nitrogens with zero attached hydrogens (tertiary/aromatic N) is 2. The largest absolute Gasteiger partial charge is 0.462 e. The lowest BCUT2D eigenvalue weighted by Crippen LogP contribution is -2.20. The molecular weight excluding hydrogens is 1050 g/mol.